The van der Waals surface area contributed by atoms with E-state index in [0.717, 1.165) is 39.7 Å². The Morgan fingerprint density at radius 1 is 1.17 bits per heavy atom. The summed E-state index contributed by atoms with van der Waals surface area (Å²) >= 11 is 0. The molecule has 10 heteroatoms. The Balaban J connectivity index is 1.93. The summed E-state index contributed by atoms with van der Waals surface area (Å²) in [6.45, 7) is 5.15. The maximum atomic E-state index is 13.7. The third-order valence-electron chi connectivity index (χ3n) is 6.28. The molecule has 3 N–H and O–H groups in total. The molecule has 1 aliphatic rings. The van der Waals surface area contributed by atoms with Crippen LogP contribution < -0.4 is 21.9 Å². The number of hydrogen-bond donors (Lipinski definition) is 2. The lowest BCUT2D eigenvalue weighted by molar-refractivity contribution is -0.137. The van der Waals surface area contributed by atoms with Gasteiger partial charge in [-0.15, -0.1) is 0 Å². The third-order valence-corrected chi connectivity index (χ3v) is 6.28. The van der Waals surface area contributed by atoms with Crippen LogP contribution in [0.1, 0.15) is 32.3 Å². The molecule has 3 aromatic rings. The molecule has 0 spiro atoms. The van der Waals surface area contributed by atoms with Crippen LogP contribution in [0.5, 0.6) is 0 Å². The van der Waals surface area contributed by atoms with Gasteiger partial charge in [-0.3, -0.25) is 18.7 Å². The maximum absolute atomic E-state index is 13.7. The summed E-state index contributed by atoms with van der Waals surface area (Å²) in [5.74, 6) is -0.647. The van der Waals surface area contributed by atoms with E-state index < -0.39 is 23.8 Å². The SMILES string of the molecule is CC(C)=CCn1c(N2CCCC(N)C2)nc2c1c(=O)n(CCc1ccccc1)c(=O)n2CC(=O)O. The van der Waals surface area contributed by atoms with Crippen molar-refractivity contribution in [3.8, 4) is 0 Å². The number of aryl methyl sites for hydroxylation is 1. The Morgan fingerprint density at radius 2 is 1.91 bits per heavy atom. The van der Waals surface area contributed by atoms with Gasteiger partial charge in [-0.1, -0.05) is 42.0 Å². The third kappa shape index (κ3) is 5.22. The van der Waals surface area contributed by atoms with Crippen LogP contribution in [0.3, 0.4) is 0 Å². The van der Waals surface area contributed by atoms with E-state index in [9.17, 15) is 19.5 Å². The molecule has 0 radical (unpaired) electrons. The Hall–Kier alpha value is -3.66. The Kier molecular flexibility index (Phi) is 7.20. The molecule has 0 amide bonds. The van der Waals surface area contributed by atoms with Crippen LogP contribution in [0, 0.1) is 0 Å². The Morgan fingerprint density at radius 3 is 2.57 bits per heavy atom. The van der Waals surface area contributed by atoms with E-state index >= 15 is 0 Å². The average Bonchev–Trinajstić information content (AvgIpc) is 3.20. The first-order valence-corrected chi connectivity index (χ1v) is 11.9. The van der Waals surface area contributed by atoms with Crippen LogP contribution >= 0.6 is 0 Å². The van der Waals surface area contributed by atoms with E-state index in [1.807, 2.05) is 55.2 Å². The van der Waals surface area contributed by atoms with Gasteiger partial charge in [-0.05, 0) is 38.7 Å². The van der Waals surface area contributed by atoms with Gasteiger partial charge in [0.05, 0.1) is 0 Å². The summed E-state index contributed by atoms with van der Waals surface area (Å²) in [6, 6.07) is 9.52. The minimum Gasteiger partial charge on any atom is -0.480 e. The van der Waals surface area contributed by atoms with Crippen molar-refractivity contribution in [2.45, 2.75) is 58.8 Å². The highest BCUT2D eigenvalue weighted by Crippen LogP contribution is 2.23. The second-order valence-electron chi connectivity index (χ2n) is 9.28. The molecule has 35 heavy (non-hydrogen) atoms. The van der Waals surface area contributed by atoms with Gasteiger partial charge in [-0.25, -0.2) is 4.79 Å². The summed E-state index contributed by atoms with van der Waals surface area (Å²) in [4.78, 5) is 45.4. The molecule has 0 bridgehead atoms. The van der Waals surface area contributed by atoms with Crippen molar-refractivity contribution in [3.05, 3.63) is 68.4 Å². The van der Waals surface area contributed by atoms with E-state index in [1.165, 1.54) is 0 Å². The van der Waals surface area contributed by atoms with Gasteiger partial charge < -0.3 is 20.3 Å². The first-order valence-electron chi connectivity index (χ1n) is 11.9. The second-order valence-corrected chi connectivity index (χ2v) is 9.28. The zero-order chi connectivity index (χ0) is 25.1. The van der Waals surface area contributed by atoms with Gasteiger partial charge >= 0.3 is 11.7 Å². The molecule has 10 nitrogen and oxygen atoms in total. The van der Waals surface area contributed by atoms with Gasteiger partial charge in [0.25, 0.3) is 5.56 Å². The minimum atomic E-state index is -1.18. The minimum absolute atomic E-state index is 0.0239. The van der Waals surface area contributed by atoms with Crippen LogP contribution in [-0.2, 0) is 30.8 Å². The predicted molar refractivity (Wildman–Crippen MR) is 135 cm³/mol. The molecule has 186 valence electrons. The topological polar surface area (TPSA) is 128 Å². The summed E-state index contributed by atoms with van der Waals surface area (Å²) < 4.78 is 4.01. The number of rotatable bonds is 8. The molecule has 1 atom stereocenters. The van der Waals surface area contributed by atoms with Gasteiger partial charge in [0, 0.05) is 32.2 Å². The molecule has 1 aromatic carbocycles. The van der Waals surface area contributed by atoms with Crippen molar-refractivity contribution in [1.29, 1.82) is 0 Å². The summed E-state index contributed by atoms with van der Waals surface area (Å²) in [5, 5.41) is 9.54. The van der Waals surface area contributed by atoms with Crippen molar-refractivity contribution in [3.63, 3.8) is 0 Å². The largest absolute Gasteiger partial charge is 0.480 e. The number of allylic oxidation sites excluding steroid dienone is 2. The zero-order valence-electron chi connectivity index (χ0n) is 20.2. The number of carboxylic acids is 1. The van der Waals surface area contributed by atoms with Crippen LogP contribution in [0.15, 0.2) is 51.6 Å². The number of aliphatic carboxylic acids is 1. The van der Waals surface area contributed by atoms with Crippen LogP contribution in [0.25, 0.3) is 11.2 Å². The van der Waals surface area contributed by atoms with Crippen molar-refractivity contribution in [2.24, 2.45) is 5.73 Å². The number of hydrogen-bond acceptors (Lipinski definition) is 6. The summed E-state index contributed by atoms with van der Waals surface area (Å²) in [5.41, 5.74) is 7.43. The van der Waals surface area contributed by atoms with Gasteiger partial charge in [0.15, 0.2) is 11.2 Å². The number of nitrogens with zero attached hydrogens (tertiary/aromatic N) is 5. The fraction of sp³-hybridized carbons (Fsp3) is 0.440. The number of carboxylic acid groups (broad SMARTS) is 1. The number of carbonyl (C=O) groups is 1. The first-order chi connectivity index (χ1) is 16.8. The number of fused-ring (bicyclic) bond motifs is 1. The average molecular weight is 481 g/mol. The van der Waals surface area contributed by atoms with Crippen LogP contribution in [0.2, 0.25) is 0 Å². The summed E-state index contributed by atoms with van der Waals surface area (Å²) in [6.07, 6.45) is 4.23. The van der Waals surface area contributed by atoms with Crippen molar-refractivity contribution < 1.29 is 9.90 Å². The Labute approximate surface area is 202 Å². The second kappa shape index (κ2) is 10.3. The zero-order valence-corrected chi connectivity index (χ0v) is 20.2. The quantitative estimate of drug-likeness (QED) is 0.469. The van der Waals surface area contributed by atoms with Crippen LogP contribution in [-0.4, -0.2) is 48.9 Å². The smallest absolute Gasteiger partial charge is 0.333 e. The van der Waals surface area contributed by atoms with Gasteiger partial charge in [-0.2, -0.15) is 4.98 Å². The van der Waals surface area contributed by atoms with E-state index in [-0.39, 0.29) is 23.8 Å². The molecule has 1 fully saturated rings. The molecule has 2 aromatic heterocycles. The monoisotopic (exact) mass is 480 g/mol. The lowest BCUT2D eigenvalue weighted by atomic mass is 10.1. The predicted octanol–water partition coefficient (Wildman–Crippen LogP) is 1.58. The molecular formula is C25H32N6O4. The lowest BCUT2D eigenvalue weighted by Crippen LogP contribution is -2.44. The van der Waals surface area contributed by atoms with E-state index in [4.69, 9.17) is 5.73 Å². The van der Waals surface area contributed by atoms with Crippen molar-refractivity contribution in [2.75, 3.05) is 18.0 Å². The molecule has 1 saturated heterocycles. The van der Waals surface area contributed by atoms with Gasteiger partial charge in [0.1, 0.15) is 6.54 Å². The molecular weight excluding hydrogens is 448 g/mol. The number of nitrogens with two attached hydrogens (primary N) is 1. The van der Waals surface area contributed by atoms with Crippen LogP contribution in [0.4, 0.5) is 5.95 Å². The standard InChI is InChI=1S/C25H32N6O4/c1-17(2)10-13-29-21-22(27-24(29)28-12-6-9-19(26)15-28)31(16-20(32)33)25(35)30(23(21)34)14-11-18-7-4-3-5-8-18/h3-5,7-8,10,19H,6,9,11-16,26H2,1-2H3,(H,32,33). The highest BCUT2D eigenvalue weighted by atomic mass is 16.4. The first kappa shape index (κ1) is 24.5. The van der Waals surface area contributed by atoms with Gasteiger partial charge in [0.2, 0.25) is 5.95 Å². The highest BCUT2D eigenvalue weighted by molar-refractivity contribution is 5.77. The van der Waals surface area contributed by atoms with E-state index in [2.05, 4.69) is 4.98 Å². The lowest BCUT2D eigenvalue weighted by Gasteiger charge is -2.31. The normalized spacial score (nSPS) is 16.0. The highest BCUT2D eigenvalue weighted by Gasteiger charge is 2.27. The molecule has 1 unspecified atom stereocenters. The fourth-order valence-electron chi connectivity index (χ4n) is 4.52. The number of piperidine rings is 1. The fourth-order valence-corrected chi connectivity index (χ4v) is 4.52. The number of aromatic nitrogens is 4. The van der Waals surface area contributed by atoms with E-state index in [0.29, 0.717) is 25.5 Å². The number of anilines is 1. The van der Waals surface area contributed by atoms with Crippen molar-refractivity contribution >= 4 is 23.1 Å². The summed E-state index contributed by atoms with van der Waals surface area (Å²) in [7, 11) is 0. The maximum Gasteiger partial charge on any atom is 0.333 e. The molecule has 1 aliphatic heterocycles. The molecule has 0 saturated carbocycles. The Bertz CT molecular complexity index is 1360. The number of imidazole rings is 1. The molecule has 0 aliphatic carbocycles. The molecule has 4 rings (SSSR count). The van der Waals surface area contributed by atoms with E-state index in [1.54, 1.807) is 4.57 Å². The molecule has 3 heterocycles. The van der Waals surface area contributed by atoms with Crippen molar-refractivity contribution in [1.82, 2.24) is 18.7 Å². The number of benzene rings is 1.